The lowest BCUT2D eigenvalue weighted by molar-refractivity contribution is -0.123. The summed E-state index contributed by atoms with van der Waals surface area (Å²) in [6.07, 6.45) is 1.04. The van der Waals surface area contributed by atoms with Gasteiger partial charge in [0.15, 0.2) is 18.2 Å². The van der Waals surface area contributed by atoms with Crippen molar-refractivity contribution in [3.05, 3.63) is 65.2 Å². The monoisotopic (exact) mass is 332 g/mol. The molecule has 0 aliphatic heterocycles. The molecule has 0 unspecified atom stereocenters. The van der Waals surface area contributed by atoms with Crippen LogP contribution >= 0.6 is 0 Å². The van der Waals surface area contributed by atoms with Crippen molar-refractivity contribution in [1.82, 2.24) is 5.43 Å². The van der Waals surface area contributed by atoms with Gasteiger partial charge < -0.3 is 4.74 Å². The number of para-hydroxylation sites is 1. The number of hydrogen-bond donors (Lipinski definition) is 1. The summed E-state index contributed by atoms with van der Waals surface area (Å²) < 4.78 is 31.9. The van der Waals surface area contributed by atoms with Crippen LogP contribution in [0.15, 0.2) is 47.6 Å². The number of hydrogen-bond acceptors (Lipinski definition) is 3. The molecule has 0 fully saturated rings. The van der Waals surface area contributed by atoms with Gasteiger partial charge in [0.2, 0.25) is 0 Å². The maximum Gasteiger partial charge on any atom is 0.277 e. The predicted octanol–water partition coefficient (Wildman–Crippen LogP) is 3.62. The Balaban J connectivity index is 1.90. The third kappa shape index (κ3) is 4.62. The second-order valence-corrected chi connectivity index (χ2v) is 5.42. The Labute approximate surface area is 139 Å². The molecule has 0 aromatic heterocycles. The fourth-order valence-electron chi connectivity index (χ4n) is 2.06. The van der Waals surface area contributed by atoms with Crippen LogP contribution in [0.4, 0.5) is 8.78 Å². The lowest BCUT2D eigenvalue weighted by Gasteiger charge is -2.12. The molecule has 0 aliphatic rings. The van der Waals surface area contributed by atoms with Crippen LogP contribution in [0.3, 0.4) is 0 Å². The molecule has 0 heterocycles. The van der Waals surface area contributed by atoms with E-state index in [1.165, 1.54) is 12.1 Å². The molecule has 0 atom stereocenters. The van der Waals surface area contributed by atoms with Gasteiger partial charge in [0.1, 0.15) is 5.75 Å². The van der Waals surface area contributed by atoms with Crippen LogP contribution in [0.1, 0.15) is 30.9 Å². The smallest absolute Gasteiger partial charge is 0.277 e. The van der Waals surface area contributed by atoms with Gasteiger partial charge >= 0.3 is 0 Å². The second-order valence-electron chi connectivity index (χ2n) is 5.42. The van der Waals surface area contributed by atoms with E-state index in [0.717, 1.165) is 17.8 Å². The lowest BCUT2D eigenvalue weighted by Crippen LogP contribution is -2.25. The van der Waals surface area contributed by atoms with Crippen molar-refractivity contribution in [3.8, 4) is 5.75 Å². The maximum atomic E-state index is 13.4. The predicted molar refractivity (Wildman–Crippen MR) is 88.1 cm³/mol. The third-order valence-electron chi connectivity index (χ3n) is 3.27. The Bertz CT molecular complexity index is 746. The quantitative estimate of drug-likeness (QED) is 0.649. The Hall–Kier alpha value is -2.76. The Morgan fingerprint density at radius 1 is 1.21 bits per heavy atom. The van der Waals surface area contributed by atoms with Gasteiger partial charge in [0, 0.05) is 5.56 Å². The normalized spacial score (nSPS) is 11.0. The maximum absolute atomic E-state index is 13.4. The zero-order valence-corrected chi connectivity index (χ0v) is 13.4. The summed E-state index contributed by atoms with van der Waals surface area (Å²) in [6, 6.07) is 11.2. The minimum atomic E-state index is -1.02. The minimum Gasteiger partial charge on any atom is -0.483 e. The summed E-state index contributed by atoms with van der Waals surface area (Å²) in [7, 11) is 0. The number of nitrogens with zero attached hydrogens (tertiary/aromatic N) is 1. The van der Waals surface area contributed by atoms with E-state index in [-0.39, 0.29) is 18.1 Å². The first-order valence-electron chi connectivity index (χ1n) is 7.46. The summed E-state index contributed by atoms with van der Waals surface area (Å²) in [5.41, 5.74) is 3.15. The summed E-state index contributed by atoms with van der Waals surface area (Å²) in [6.45, 7) is 3.83. The standard InChI is InChI=1S/C18H18F2N2O2/c1-12(2)14-7-3-4-9-16(14)24-11-17(23)22-21-10-13-6-5-8-15(19)18(13)20/h3-10,12H,11H2,1-2H3,(H,22,23)/b21-10+. The van der Waals surface area contributed by atoms with Gasteiger partial charge in [-0.15, -0.1) is 0 Å². The van der Waals surface area contributed by atoms with Crippen LogP contribution in [0.5, 0.6) is 5.75 Å². The molecular formula is C18H18F2N2O2. The zero-order valence-electron chi connectivity index (χ0n) is 13.4. The van der Waals surface area contributed by atoms with Crippen molar-refractivity contribution in [1.29, 1.82) is 0 Å². The second kappa shape index (κ2) is 8.19. The number of nitrogens with one attached hydrogen (secondary N) is 1. The minimum absolute atomic E-state index is 0.0543. The molecule has 0 spiro atoms. The van der Waals surface area contributed by atoms with E-state index < -0.39 is 17.5 Å². The number of hydrazone groups is 1. The molecule has 2 aromatic carbocycles. The highest BCUT2D eigenvalue weighted by Gasteiger charge is 2.09. The highest BCUT2D eigenvalue weighted by atomic mass is 19.2. The van der Waals surface area contributed by atoms with Crippen LogP contribution in [-0.2, 0) is 4.79 Å². The average molecular weight is 332 g/mol. The molecule has 0 saturated carbocycles. The molecule has 0 aliphatic carbocycles. The SMILES string of the molecule is CC(C)c1ccccc1OCC(=O)N/N=C/c1cccc(F)c1F. The molecule has 1 amide bonds. The number of halogens is 2. The highest BCUT2D eigenvalue weighted by molar-refractivity contribution is 5.83. The van der Waals surface area contributed by atoms with Gasteiger partial charge in [-0.25, -0.2) is 14.2 Å². The van der Waals surface area contributed by atoms with Gasteiger partial charge in [-0.1, -0.05) is 44.2 Å². The number of ether oxygens (including phenoxy) is 1. The molecular weight excluding hydrogens is 314 g/mol. The van der Waals surface area contributed by atoms with Gasteiger partial charge in [0.25, 0.3) is 5.91 Å². The van der Waals surface area contributed by atoms with Crippen LogP contribution < -0.4 is 10.2 Å². The first-order valence-corrected chi connectivity index (χ1v) is 7.46. The molecule has 6 heteroatoms. The Morgan fingerprint density at radius 2 is 1.96 bits per heavy atom. The number of carbonyl (C=O) groups excluding carboxylic acids is 1. The van der Waals surface area contributed by atoms with Gasteiger partial charge in [-0.05, 0) is 23.6 Å². The van der Waals surface area contributed by atoms with Crippen molar-refractivity contribution in [2.75, 3.05) is 6.61 Å². The van der Waals surface area contributed by atoms with Crippen LogP contribution in [0.25, 0.3) is 0 Å². The zero-order chi connectivity index (χ0) is 17.5. The topological polar surface area (TPSA) is 50.7 Å². The number of carbonyl (C=O) groups is 1. The Kier molecular flexibility index (Phi) is 6.01. The third-order valence-corrected chi connectivity index (χ3v) is 3.27. The number of rotatable bonds is 6. The van der Waals surface area contributed by atoms with Crippen molar-refractivity contribution in [2.24, 2.45) is 5.10 Å². The molecule has 4 nitrogen and oxygen atoms in total. The van der Waals surface area contributed by atoms with Crippen molar-refractivity contribution in [2.45, 2.75) is 19.8 Å². The van der Waals surface area contributed by atoms with E-state index in [0.29, 0.717) is 5.75 Å². The summed E-state index contributed by atoms with van der Waals surface area (Å²) >= 11 is 0. The Morgan fingerprint density at radius 3 is 2.71 bits per heavy atom. The van der Waals surface area contributed by atoms with Gasteiger partial charge in [-0.3, -0.25) is 4.79 Å². The van der Waals surface area contributed by atoms with E-state index in [4.69, 9.17) is 4.74 Å². The lowest BCUT2D eigenvalue weighted by atomic mass is 10.0. The fourth-order valence-corrected chi connectivity index (χ4v) is 2.06. The van der Waals surface area contributed by atoms with E-state index in [1.54, 1.807) is 6.07 Å². The van der Waals surface area contributed by atoms with Crippen LogP contribution in [-0.4, -0.2) is 18.7 Å². The molecule has 0 radical (unpaired) electrons. The molecule has 1 N–H and O–H groups in total. The number of amides is 1. The average Bonchev–Trinajstić information content (AvgIpc) is 2.57. The summed E-state index contributed by atoms with van der Waals surface area (Å²) in [5.74, 6) is -1.60. The number of benzene rings is 2. The summed E-state index contributed by atoms with van der Waals surface area (Å²) in [5, 5.41) is 3.60. The molecule has 0 saturated heterocycles. The molecule has 2 aromatic rings. The first-order chi connectivity index (χ1) is 11.5. The molecule has 24 heavy (non-hydrogen) atoms. The molecule has 126 valence electrons. The van der Waals surface area contributed by atoms with Crippen molar-refractivity contribution < 1.29 is 18.3 Å². The van der Waals surface area contributed by atoms with Crippen LogP contribution in [0, 0.1) is 11.6 Å². The highest BCUT2D eigenvalue weighted by Crippen LogP contribution is 2.25. The van der Waals surface area contributed by atoms with Crippen molar-refractivity contribution >= 4 is 12.1 Å². The van der Waals surface area contributed by atoms with E-state index >= 15 is 0 Å². The van der Waals surface area contributed by atoms with Crippen molar-refractivity contribution in [3.63, 3.8) is 0 Å². The van der Waals surface area contributed by atoms with E-state index in [1.807, 2.05) is 32.0 Å². The largest absolute Gasteiger partial charge is 0.483 e. The van der Waals surface area contributed by atoms with E-state index in [2.05, 4.69) is 10.5 Å². The van der Waals surface area contributed by atoms with E-state index in [9.17, 15) is 13.6 Å². The first kappa shape index (κ1) is 17.6. The fraction of sp³-hybridized carbons (Fsp3) is 0.222. The van der Waals surface area contributed by atoms with Crippen LogP contribution in [0.2, 0.25) is 0 Å². The summed E-state index contributed by atoms with van der Waals surface area (Å²) in [4.78, 5) is 11.7. The van der Waals surface area contributed by atoms with Gasteiger partial charge in [0.05, 0.1) is 6.21 Å². The van der Waals surface area contributed by atoms with Gasteiger partial charge in [-0.2, -0.15) is 5.10 Å². The molecule has 0 bridgehead atoms. The molecule has 2 rings (SSSR count).